The molecule has 268 valence electrons. The minimum atomic E-state index is -1.83. The summed E-state index contributed by atoms with van der Waals surface area (Å²) in [4.78, 5) is 7.33. The molecule has 0 aliphatic carbocycles. The molecule has 4 aromatic heterocycles. The van der Waals surface area contributed by atoms with Gasteiger partial charge in [0.2, 0.25) is 5.88 Å². The molecular weight excluding hydrogens is 747 g/mol. The van der Waals surface area contributed by atoms with Gasteiger partial charge in [0.25, 0.3) is 0 Å². The van der Waals surface area contributed by atoms with Gasteiger partial charge in [0.15, 0.2) is 14.5 Å². The van der Waals surface area contributed by atoms with Crippen molar-refractivity contribution in [1.29, 1.82) is 0 Å². The third kappa shape index (κ3) is 8.16. The molecule has 1 saturated heterocycles. The predicted octanol–water partition coefficient (Wildman–Crippen LogP) is 7.90. The summed E-state index contributed by atoms with van der Waals surface area (Å²) < 4.78 is 26.4. The fourth-order valence-corrected chi connectivity index (χ4v) is 7.80. The molecular formula is C36H55IN8O3Si. The zero-order valence-corrected chi connectivity index (χ0v) is 34.3. The minimum Gasteiger partial charge on any atom is -0.473 e. The third-order valence-electron chi connectivity index (χ3n) is 10.0. The summed E-state index contributed by atoms with van der Waals surface area (Å²) in [5.41, 5.74) is 6.59. The van der Waals surface area contributed by atoms with E-state index in [0.717, 1.165) is 91.3 Å². The molecule has 0 saturated carbocycles. The lowest BCUT2D eigenvalue weighted by atomic mass is 10.1. The van der Waals surface area contributed by atoms with Gasteiger partial charge >= 0.3 is 0 Å². The summed E-state index contributed by atoms with van der Waals surface area (Å²) in [7, 11) is 0.0953. The summed E-state index contributed by atoms with van der Waals surface area (Å²) >= 11 is 2.44. The highest BCUT2D eigenvalue weighted by atomic mass is 127. The van der Waals surface area contributed by atoms with Crippen molar-refractivity contribution in [1.82, 2.24) is 39.2 Å². The molecule has 0 aromatic carbocycles. The molecule has 0 amide bonds. The van der Waals surface area contributed by atoms with Gasteiger partial charge in [-0.25, -0.2) is 9.36 Å². The number of hydrogen-bond donors (Lipinski definition) is 0. The quantitative estimate of drug-likeness (QED) is 0.0939. The van der Waals surface area contributed by atoms with Gasteiger partial charge < -0.3 is 13.9 Å². The zero-order valence-electron chi connectivity index (χ0n) is 31.1. The van der Waals surface area contributed by atoms with Crippen molar-refractivity contribution in [3.8, 4) is 17.1 Å². The lowest BCUT2D eigenvalue weighted by Gasteiger charge is -2.36. The Morgan fingerprint density at radius 2 is 1.94 bits per heavy atom. The Morgan fingerprint density at radius 1 is 1.18 bits per heavy atom. The Morgan fingerprint density at radius 3 is 2.59 bits per heavy atom. The molecule has 2 atom stereocenters. The molecule has 1 aliphatic rings. The second-order valence-corrected chi connectivity index (χ2v) is 20.7. The maximum absolute atomic E-state index is 6.71. The molecule has 1 aliphatic heterocycles. The molecule has 0 radical (unpaired) electrons. The number of likely N-dealkylation sites (N-methyl/N-ethyl adjacent to an activating group) is 1. The average Bonchev–Trinajstić information content (AvgIpc) is 3.65. The Balaban J connectivity index is 1.33. The first-order valence-electron chi connectivity index (χ1n) is 17.6. The van der Waals surface area contributed by atoms with Crippen LogP contribution in [-0.2, 0) is 29.3 Å². The fraction of sp³-hybridized carbons (Fsp3) is 0.611. The Labute approximate surface area is 306 Å². The number of aryl methyl sites for hydroxylation is 3. The predicted molar refractivity (Wildman–Crippen MR) is 207 cm³/mol. The lowest BCUT2D eigenvalue weighted by Crippen LogP contribution is -2.41. The maximum Gasteiger partial charge on any atom is 0.221 e. The lowest BCUT2D eigenvalue weighted by molar-refractivity contribution is -0.0367. The van der Waals surface area contributed by atoms with Crippen LogP contribution in [0.1, 0.15) is 82.9 Å². The normalized spacial score (nSPS) is 16.5. The number of fused-ring (bicyclic) bond motifs is 1. The van der Waals surface area contributed by atoms with Crippen LogP contribution in [0.3, 0.4) is 0 Å². The smallest absolute Gasteiger partial charge is 0.221 e. The second kappa shape index (κ2) is 15.3. The Hall–Kier alpha value is -2.59. The van der Waals surface area contributed by atoms with Gasteiger partial charge in [-0.2, -0.15) is 15.3 Å². The van der Waals surface area contributed by atoms with Crippen molar-refractivity contribution in [3.05, 3.63) is 45.2 Å². The van der Waals surface area contributed by atoms with Crippen LogP contribution in [0.25, 0.3) is 28.2 Å². The number of hydrogen-bond acceptors (Lipinski definition) is 8. The monoisotopic (exact) mass is 802 g/mol. The van der Waals surface area contributed by atoms with Crippen LogP contribution in [0, 0.1) is 17.4 Å². The van der Waals surface area contributed by atoms with Gasteiger partial charge in [0.05, 0.1) is 62.5 Å². The topological polar surface area (TPSA) is 97.3 Å². The second-order valence-electron chi connectivity index (χ2n) is 14.8. The fourth-order valence-electron chi connectivity index (χ4n) is 6.21. The van der Waals surface area contributed by atoms with Gasteiger partial charge in [-0.3, -0.25) is 14.6 Å². The molecule has 13 heteroatoms. The molecule has 49 heavy (non-hydrogen) atoms. The molecule has 0 bridgehead atoms. The van der Waals surface area contributed by atoms with Crippen molar-refractivity contribution >= 4 is 47.9 Å². The van der Waals surface area contributed by atoms with Gasteiger partial charge in [-0.15, -0.1) is 0 Å². The van der Waals surface area contributed by atoms with Crippen molar-refractivity contribution in [2.45, 2.75) is 111 Å². The van der Waals surface area contributed by atoms with Crippen LogP contribution in [0.15, 0.2) is 18.8 Å². The van der Waals surface area contributed by atoms with E-state index in [1.807, 2.05) is 29.5 Å². The van der Waals surface area contributed by atoms with E-state index in [9.17, 15) is 0 Å². The number of rotatable bonds is 14. The number of nitrogens with zero attached hydrogens (tertiary/aromatic N) is 8. The standard InChI is InChI=1S/C36H55IN8O3Si/c1-12-28-27-20-29(38-21-30(27)45(41-28)32-16-14-15-18-46-32)33-25(4)39-42(9)35(33)48-24(3)22-43(13-2)23-31-34(37)26(5)40-44(31)17-19-47-49(10,11)36(6,7)8/h12,20-21,24,32H,1,13-19,22-23H2,2-11H3/t24-,32?/m0/s1. The van der Waals surface area contributed by atoms with E-state index in [4.69, 9.17) is 34.2 Å². The summed E-state index contributed by atoms with van der Waals surface area (Å²) in [6.45, 7) is 28.4. The van der Waals surface area contributed by atoms with Crippen LogP contribution in [0.5, 0.6) is 5.88 Å². The number of halogens is 1. The minimum absolute atomic E-state index is 0.0829. The maximum atomic E-state index is 6.71. The summed E-state index contributed by atoms with van der Waals surface area (Å²) in [5.74, 6) is 0.703. The van der Waals surface area contributed by atoms with Crippen molar-refractivity contribution < 1.29 is 13.9 Å². The first-order chi connectivity index (χ1) is 23.1. The van der Waals surface area contributed by atoms with Gasteiger partial charge in [0, 0.05) is 32.1 Å². The SMILES string of the molecule is C=Cc1nn(C2CCCCO2)c2cnc(-c3c(C)nn(C)c3O[C@@H](C)CN(CC)Cc3c(I)c(C)nn3CCO[Si](C)(C)C(C)(C)C)cc12. The van der Waals surface area contributed by atoms with Crippen LogP contribution >= 0.6 is 22.6 Å². The molecule has 4 aromatic rings. The molecule has 1 unspecified atom stereocenters. The highest BCUT2D eigenvalue weighted by Gasteiger charge is 2.37. The zero-order chi connectivity index (χ0) is 35.7. The summed E-state index contributed by atoms with van der Waals surface area (Å²) in [6, 6.07) is 2.08. The summed E-state index contributed by atoms with van der Waals surface area (Å²) in [6.07, 6.45) is 6.65. The molecule has 0 spiro atoms. The van der Waals surface area contributed by atoms with Crippen molar-refractivity contribution in [2.75, 3.05) is 26.3 Å². The largest absolute Gasteiger partial charge is 0.473 e. The number of pyridine rings is 1. The van der Waals surface area contributed by atoms with Crippen LogP contribution in [0.4, 0.5) is 0 Å². The van der Waals surface area contributed by atoms with E-state index in [2.05, 4.69) is 99.5 Å². The third-order valence-corrected chi connectivity index (χ3v) is 16.0. The van der Waals surface area contributed by atoms with E-state index in [1.54, 1.807) is 6.08 Å². The van der Waals surface area contributed by atoms with Crippen molar-refractivity contribution in [2.24, 2.45) is 7.05 Å². The summed E-state index contributed by atoms with van der Waals surface area (Å²) in [5, 5.41) is 15.7. The first kappa shape index (κ1) is 37.7. The van der Waals surface area contributed by atoms with E-state index in [-0.39, 0.29) is 17.4 Å². The van der Waals surface area contributed by atoms with Gasteiger partial charge in [0.1, 0.15) is 6.10 Å². The van der Waals surface area contributed by atoms with Crippen LogP contribution in [0.2, 0.25) is 18.1 Å². The van der Waals surface area contributed by atoms with Gasteiger partial charge in [-0.1, -0.05) is 34.3 Å². The number of ether oxygens (including phenoxy) is 2. The van der Waals surface area contributed by atoms with Crippen LogP contribution < -0.4 is 4.74 Å². The Kier molecular flexibility index (Phi) is 11.8. The molecule has 1 fully saturated rings. The molecule has 5 rings (SSSR count). The molecule has 0 N–H and O–H groups in total. The number of aromatic nitrogens is 7. The molecule has 11 nitrogen and oxygen atoms in total. The average molecular weight is 803 g/mol. The van der Waals surface area contributed by atoms with E-state index >= 15 is 0 Å². The van der Waals surface area contributed by atoms with Crippen molar-refractivity contribution in [3.63, 3.8) is 0 Å². The van der Waals surface area contributed by atoms with E-state index in [1.165, 1.54) is 9.26 Å². The van der Waals surface area contributed by atoms with Crippen LogP contribution in [-0.4, -0.2) is 79.9 Å². The van der Waals surface area contributed by atoms with Gasteiger partial charge in [-0.05, 0) is 99.4 Å². The highest BCUT2D eigenvalue weighted by Crippen LogP contribution is 2.37. The molecule has 5 heterocycles. The highest BCUT2D eigenvalue weighted by molar-refractivity contribution is 14.1. The first-order valence-corrected chi connectivity index (χ1v) is 21.5. The van der Waals surface area contributed by atoms with E-state index < -0.39 is 8.32 Å². The van der Waals surface area contributed by atoms with E-state index in [0.29, 0.717) is 12.5 Å². The Bertz CT molecular complexity index is 1770.